The van der Waals surface area contributed by atoms with E-state index in [-0.39, 0.29) is 5.41 Å². The molecule has 0 saturated carbocycles. The standard InChI is InChI=1S/C11H16N4/c1-11(2,3)10-13-9-8(7-12)5-4-6-15(9)14-10/h4-6H,7,12H2,1-3H3. The van der Waals surface area contributed by atoms with Gasteiger partial charge in [0.15, 0.2) is 11.5 Å². The van der Waals surface area contributed by atoms with Crippen LogP contribution in [-0.2, 0) is 12.0 Å². The molecule has 0 aliphatic carbocycles. The Kier molecular flexibility index (Phi) is 2.23. The smallest absolute Gasteiger partial charge is 0.160 e. The van der Waals surface area contributed by atoms with Gasteiger partial charge in [-0.2, -0.15) is 5.10 Å². The predicted molar refractivity (Wildman–Crippen MR) is 59.6 cm³/mol. The van der Waals surface area contributed by atoms with Gasteiger partial charge in [-0.3, -0.25) is 0 Å². The molecule has 80 valence electrons. The second-order valence-corrected chi connectivity index (χ2v) is 4.69. The Morgan fingerprint density at radius 2 is 2.13 bits per heavy atom. The maximum atomic E-state index is 5.65. The number of hydrogen-bond donors (Lipinski definition) is 1. The Morgan fingerprint density at radius 3 is 2.73 bits per heavy atom. The fraction of sp³-hybridized carbons (Fsp3) is 0.455. The van der Waals surface area contributed by atoms with Crippen LogP contribution in [0.15, 0.2) is 18.3 Å². The van der Waals surface area contributed by atoms with Crippen molar-refractivity contribution in [3.05, 3.63) is 29.7 Å². The van der Waals surface area contributed by atoms with Gasteiger partial charge in [-0.25, -0.2) is 9.50 Å². The quantitative estimate of drug-likeness (QED) is 0.765. The Labute approximate surface area is 89.1 Å². The minimum atomic E-state index is -0.0299. The number of aromatic nitrogens is 3. The molecule has 0 saturated heterocycles. The van der Waals surface area contributed by atoms with Crippen molar-refractivity contribution in [2.75, 3.05) is 0 Å². The molecular formula is C11H16N4. The van der Waals surface area contributed by atoms with Crippen LogP contribution in [-0.4, -0.2) is 14.6 Å². The maximum Gasteiger partial charge on any atom is 0.160 e. The topological polar surface area (TPSA) is 56.2 Å². The highest BCUT2D eigenvalue weighted by Crippen LogP contribution is 2.19. The van der Waals surface area contributed by atoms with Crippen LogP contribution in [0.25, 0.3) is 5.65 Å². The summed E-state index contributed by atoms with van der Waals surface area (Å²) in [6, 6.07) is 3.92. The lowest BCUT2D eigenvalue weighted by Crippen LogP contribution is -2.13. The molecule has 0 fully saturated rings. The van der Waals surface area contributed by atoms with Gasteiger partial charge in [-0.05, 0) is 6.07 Å². The summed E-state index contributed by atoms with van der Waals surface area (Å²) in [5, 5.41) is 4.44. The molecule has 0 aromatic carbocycles. The van der Waals surface area contributed by atoms with Crippen LogP contribution in [0.1, 0.15) is 32.2 Å². The van der Waals surface area contributed by atoms with Crippen LogP contribution in [0.5, 0.6) is 0 Å². The number of rotatable bonds is 1. The highest BCUT2D eigenvalue weighted by molar-refractivity contribution is 5.47. The molecule has 0 aliphatic heterocycles. The average molecular weight is 204 g/mol. The zero-order valence-corrected chi connectivity index (χ0v) is 9.36. The van der Waals surface area contributed by atoms with E-state index in [4.69, 9.17) is 5.73 Å². The molecule has 0 radical (unpaired) electrons. The van der Waals surface area contributed by atoms with Crippen LogP contribution in [0.2, 0.25) is 0 Å². The molecule has 2 rings (SSSR count). The molecular weight excluding hydrogens is 188 g/mol. The number of hydrogen-bond acceptors (Lipinski definition) is 3. The molecule has 0 aliphatic rings. The van der Waals surface area contributed by atoms with Gasteiger partial charge in [0, 0.05) is 23.7 Å². The maximum absolute atomic E-state index is 5.65. The largest absolute Gasteiger partial charge is 0.326 e. The van der Waals surface area contributed by atoms with Gasteiger partial charge < -0.3 is 5.73 Å². The first-order valence-corrected chi connectivity index (χ1v) is 5.07. The minimum absolute atomic E-state index is 0.0299. The van der Waals surface area contributed by atoms with Crippen molar-refractivity contribution >= 4 is 5.65 Å². The van der Waals surface area contributed by atoms with Gasteiger partial charge in [0.1, 0.15) is 0 Å². The molecule has 0 atom stereocenters. The van der Waals surface area contributed by atoms with E-state index in [1.165, 1.54) is 0 Å². The molecule has 2 aromatic heterocycles. The molecule has 15 heavy (non-hydrogen) atoms. The van der Waals surface area contributed by atoms with Crippen molar-refractivity contribution in [3.63, 3.8) is 0 Å². The minimum Gasteiger partial charge on any atom is -0.326 e. The lowest BCUT2D eigenvalue weighted by Gasteiger charge is -2.11. The second-order valence-electron chi connectivity index (χ2n) is 4.69. The molecule has 2 N–H and O–H groups in total. The summed E-state index contributed by atoms with van der Waals surface area (Å²) in [5.41, 5.74) is 7.52. The number of pyridine rings is 1. The van der Waals surface area contributed by atoms with E-state index in [1.807, 2.05) is 18.3 Å². The van der Waals surface area contributed by atoms with Crippen molar-refractivity contribution in [3.8, 4) is 0 Å². The third-order valence-electron chi connectivity index (χ3n) is 2.33. The molecule has 4 nitrogen and oxygen atoms in total. The fourth-order valence-corrected chi connectivity index (χ4v) is 1.44. The third kappa shape index (κ3) is 1.72. The second kappa shape index (κ2) is 3.31. The van der Waals surface area contributed by atoms with Crippen molar-refractivity contribution in [1.29, 1.82) is 0 Å². The van der Waals surface area contributed by atoms with Crippen LogP contribution < -0.4 is 5.73 Å². The predicted octanol–water partition coefficient (Wildman–Crippen LogP) is 1.49. The van der Waals surface area contributed by atoms with Gasteiger partial charge >= 0.3 is 0 Å². The molecule has 0 bridgehead atoms. The fourth-order valence-electron chi connectivity index (χ4n) is 1.44. The summed E-state index contributed by atoms with van der Waals surface area (Å²) in [6.07, 6.45) is 1.90. The van der Waals surface area contributed by atoms with E-state index in [1.54, 1.807) is 4.52 Å². The normalized spacial score (nSPS) is 12.3. The van der Waals surface area contributed by atoms with Crippen LogP contribution in [0, 0.1) is 0 Å². The van der Waals surface area contributed by atoms with E-state index in [2.05, 4.69) is 30.9 Å². The summed E-state index contributed by atoms with van der Waals surface area (Å²) >= 11 is 0. The number of nitrogens with zero attached hydrogens (tertiary/aromatic N) is 3. The summed E-state index contributed by atoms with van der Waals surface area (Å²) < 4.78 is 1.79. The Balaban J connectivity index is 2.65. The highest BCUT2D eigenvalue weighted by Gasteiger charge is 2.20. The van der Waals surface area contributed by atoms with Gasteiger partial charge in [-0.15, -0.1) is 0 Å². The summed E-state index contributed by atoms with van der Waals surface area (Å²) in [6.45, 7) is 6.80. The Morgan fingerprint density at radius 1 is 1.40 bits per heavy atom. The van der Waals surface area contributed by atoms with Crippen LogP contribution >= 0.6 is 0 Å². The first-order valence-electron chi connectivity index (χ1n) is 5.07. The SMILES string of the molecule is CC(C)(C)c1nc2c(CN)cccn2n1. The summed E-state index contributed by atoms with van der Waals surface area (Å²) in [4.78, 5) is 4.53. The van der Waals surface area contributed by atoms with E-state index < -0.39 is 0 Å². The summed E-state index contributed by atoms with van der Waals surface area (Å²) in [7, 11) is 0. The molecule has 0 amide bonds. The lowest BCUT2D eigenvalue weighted by atomic mass is 9.96. The van der Waals surface area contributed by atoms with E-state index in [0.29, 0.717) is 6.54 Å². The first-order chi connectivity index (χ1) is 7.02. The Hall–Kier alpha value is -1.42. The first kappa shape index (κ1) is 10.1. The number of nitrogens with two attached hydrogens (primary N) is 1. The van der Waals surface area contributed by atoms with Gasteiger partial charge in [0.2, 0.25) is 0 Å². The molecule has 2 aromatic rings. The molecule has 0 unspecified atom stereocenters. The van der Waals surface area contributed by atoms with E-state index in [0.717, 1.165) is 17.0 Å². The van der Waals surface area contributed by atoms with E-state index >= 15 is 0 Å². The molecule has 0 spiro atoms. The highest BCUT2D eigenvalue weighted by atomic mass is 15.3. The zero-order valence-electron chi connectivity index (χ0n) is 9.36. The van der Waals surface area contributed by atoms with Gasteiger partial charge in [0.25, 0.3) is 0 Å². The van der Waals surface area contributed by atoms with Gasteiger partial charge in [0.05, 0.1) is 0 Å². The molecule has 2 heterocycles. The van der Waals surface area contributed by atoms with Crippen molar-refractivity contribution in [1.82, 2.24) is 14.6 Å². The van der Waals surface area contributed by atoms with Crippen molar-refractivity contribution < 1.29 is 0 Å². The van der Waals surface area contributed by atoms with Crippen LogP contribution in [0.4, 0.5) is 0 Å². The number of fused-ring (bicyclic) bond motifs is 1. The summed E-state index contributed by atoms with van der Waals surface area (Å²) in [5.74, 6) is 0.850. The van der Waals surface area contributed by atoms with Crippen LogP contribution in [0.3, 0.4) is 0 Å². The average Bonchev–Trinajstić information content (AvgIpc) is 2.59. The van der Waals surface area contributed by atoms with Gasteiger partial charge in [-0.1, -0.05) is 26.8 Å². The zero-order chi connectivity index (χ0) is 11.1. The molecule has 4 heteroatoms. The Bertz CT molecular complexity index is 479. The van der Waals surface area contributed by atoms with E-state index in [9.17, 15) is 0 Å². The van der Waals surface area contributed by atoms with Crippen molar-refractivity contribution in [2.45, 2.75) is 32.7 Å². The lowest BCUT2D eigenvalue weighted by molar-refractivity contribution is 0.545. The monoisotopic (exact) mass is 204 g/mol. The third-order valence-corrected chi connectivity index (χ3v) is 2.33. The van der Waals surface area contributed by atoms with Crippen molar-refractivity contribution in [2.24, 2.45) is 5.73 Å².